The van der Waals surface area contributed by atoms with Crippen molar-refractivity contribution in [2.24, 2.45) is 0 Å². The Balaban J connectivity index is 0.000000454. The summed E-state index contributed by atoms with van der Waals surface area (Å²) in [6.45, 7) is 4.30. The molecule has 0 spiro atoms. The van der Waals surface area contributed by atoms with E-state index in [1.54, 1.807) is 0 Å². The zero-order valence-electron chi connectivity index (χ0n) is 20.6. The Labute approximate surface area is 212 Å². The quantitative estimate of drug-likeness (QED) is 0.178. The fraction of sp³-hybridized carbons (Fsp3) is 0.179. The smallest absolute Gasteiger partial charge is 0.375 e. The van der Waals surface area contributed by atoms with Crippen molar-refractivity contribution in [3.63, 3.8) is 0 Å². The minimum atomic E-state index is -4.42. The van der Waals surface area contributed by atoms with Crippen LogP contribution in [0.5, 0.6) is 0 Å². The molecule has 0 fully saturated rings. The highest BCUT2D eigenvalue weighted by Crippen LogP contribution is 2.32. The molecule has 7 nitrogen and oxygen atoms in total. The molecule has 4 rings (SSSR count). The van der Waals surface area contributed by atoms with Crippen molar-refractivity contribution in [3.05, 3.63) is 103 Å². The van der Waals surface area contributed by atoms with Gasteiger partial charge in [-0.1, -0.05) is 66.7 Å². The van der Waals surface area contributed by atoms with Crippen LogP contribution in [-0.4, -0.2) is 26.6 Å². The van der Waals surface area contributed by atoms with Crippen LogP contribution in [0.2, 0.25) is 0 Å². The first kappa shape index (κ1) is 26.9. The van der Waals surface area contributed by atoms with Gasteiger partial charge >= 0.3 is 5.89 Å². The second kappa shape index (κ2) is 12.8. The molecule has 188 valence electrons. The number of oxazole rings is 1. The summed E-state index contributed by atoms with van der Waals surface area (Å²) in [5, 5.41) is 0. The standard InChI is InChI=1S/C26H25N2O.C2H6O4S/c1-3-28-24(19-20-27(2)23-17-11-6-12-18-23)29-26(22-15-9-5-10-16-22)25(28)21-13-7-4-8-14-21;1-2-6-7(3,4)5/h4-20H,3H2,1-2H3;2H2,1H3,(H,3,4,5)/q+1;/p-1. The molecule has 0 aliphatic carbocycles. The average Bonchev–Trinajstić information content (AvgIpc) is 3.27. The summed E-state index contributed by atoms with van der Waals surface area (Å²) in [7, 11) is -2.38. The molecule has 0 aliphatic heterocycles. The second-order valence-corrected chi connectivity index (χ2v) is 8.72. The Kier molecular flexibility index (Phi) is 9.58. The molecule has 0 amide bonds. The van der Waals surface area contributed by atoms with Crippen LogP contribution in [0.4, 0.5) is 5.69 Å². The third kappa shape index (κ3) is 7.39. The van der Waals surface area contributed by atoms with Crippen LogP contribution in [0.25, 0.3) is 28.7 Å². The summed E-state index contributed by atoms with van der Waals surface area (Å²) in [6, 6.07) is 31.0. The molecule has 1 aromatic heterocycles. The molecular formula is C28H30N2O5S. The summed E-state index contributed by atoms with van der Waals surface area (Å²) in [5.41, 5.74) is 4.45. The number of benzene rings is 3. The van der Waals surface area contributed by atoms with Gasteiger partial charge in [0.15, 0.2) is 0 Å². The molecule has 0 atom stereocenters. The van der Waals surface area contributed by atoms with Crippen LogP contribution in [0.1, 0.15) is 19.7 Å². The van der Waals surface area contributed by atoms with E-state index in [9.17, 15) is 13.0 Å². The lowest BCUT2D eigenvalue weighted by Crippen LogP contribution is -2.35. The normalized spacial score (nSPS) is 11.2. The van der Waals surface area contributed by atoms with Crippen LogP contribution in [0.15, 0.2) is 102 Å². The van der Waals surface area contributed by atoms with Crippen molar-refractivity contribution in [1.29, 1.82) is 0 Å². The van der Waals surface area contributed by atoms with Crippen molar-refractivity contribution >= 4 is 22.2 Å². The van der Waals surface area contributed by atoms with Crippen LogP contribution >= 0.6 is 0 Å². The Morgan fingerprint density at radius 1 is 0.889 bits per heavy atom. The van der Waals surface area contributed by atoms with Crippen LogP contribution < -0.4 is 9.47 Å². The van der Waals surface area contributed by atoms with E-state index in [4.69, 9.17) is 4.42 Å². The molecule has 36 heavy (non-hydrogen) atoms. The van der Waals surface area contributed by atoms with Gasteiger partial charge < -0.3 is 13.9 Å². The lowest BCUT2D eigenvalue weighted by atomic mass is 10.1. The minimum Gasteiger partial charge on any atom is -0.726 e. The van der Waals surface area contributed by atoms with Crippen LogP contribution in [0.3, 0.4) is 0 Å². The van der Waals surface area contributed by atoms with E-state index in [0.717, 1.165) is 40.7 Å². The van der Waals surface area contributed by atoms with E-state index in [-0.39, 0.29) is 6.61 Å². The van der Waals surface area contributed by atoms with Gasteiger partial charge in [-0.05, 0) is 38.1 Å². The number of hydrogen-bond donors (Lipinski definition) is 0. The van der Waals surface area contributed by atoms with Gasteiger partial charge in [-0.15, -0.1) is 0 Å². The minimum absolute atomic E-state index is 0.0914. The van der Waals surface area contributed by atoms with Gasteiger partial charge in [-0.2, -0.15) is 4.57 Å². The molecule has 4 aromatic rings. The number of hydrogen-bond acceptors (Lipinski definition) is 6. The second-order valence-electron chi connectivity index (χ2n) is 7.67. The monoisotopic (exact) mass is 506 g/mol. The van der Waals surface area contributed by atoms with E-state index in [1.807, 2.05) is 61.8 Å². The predicted molar refractivity (Wildman–Crippen MR) is 141 cm³/mol. The third-order valence-corrected chi connectivity index (χ3v) is 5.75. The van der Waals surface area contributed by atoms with Gasteiger partial charge in [-0.3, -0.25) is 4.18 Å². The average molecular weight is 507 g/mol. The summed E-state index contributed by atoms with van der Waals surface area (Å²) in [4.78, 5) is 2.09. The maximum absolute atomic E-state index is 9.45. The van der Waals surface area contributed by atoms with Crippen molar-refractivity contribution in [1.82, 2.24) is 0 Å². The number of para-hydroxylation sites is 1. The molecule has 0 unspecified atom stereocenters. The maximum atomic E-state index is 9.45. The molecule has 0 N–H and O–H groups in total. The summed E-state index contributed by atoms with van der Waals surface area (Å²) in [6.07, 6.45) is 4.08. The van der Waals surface area contributed by atoms with Crippen molar-refractivity contribution in [2.45, 2.75) is 20.4 Å². The van der Waals surface area contributed by atoms with Crippen molar-refractivity contribution in [2.75, 3.05) is 18.6 Å². The predicted octanol–water partition coefficient (Wildman–Crippen LogP) is 5.51. The topological polar surface area (TPSA) is 86.7 Å². The lowest BCUT2D eigenvalue weighted by molar-refractivity contribution is -0.687. The first-order chi connectivity index (χ1) is 17.3. The highest BCUT2D eigenvalue weighted by atomic mass is 32.3. The largest absolute Gasteiger partial charge is 0.726 e. The number of anilines is 1. The van der Waals surface area contributed by atoms with Gasteiger partial charge in [0.2, 0.25) is 16.2 Å². The van der Waals surface area contributed by atoms with E-state index in [0.29, 0.717) is 0 Å². The number of rotatable bonds is 8. The van der Waals surface area contributed by atoms with E-state index in [2.05, 4.69) is 69.1 Å². The molecular weight excluding hydrogens is 476 g/mol. The van der Waals surface area contributed by atoms with Crippen molar-refractivity contribution in [3.8, 4) is 22.6 Å². The van der Waals surface area contributed by atoms with E-state index in [1.165, 1.54) is 6.92 Å². The molecule has 1 heterocycles. The Morgan fingerprint density at radius 2 is 1.42 bits per heavy atom. The third-order valence-electron chi connectivity index (χ3n) is 5.22. The Morgan fingerprint density at radius 3 is 1.89 bits per heavy atom. The summed E-state index contributed by atoms with van der Waals surface area (Å²) in [5.74, 6) is 1.72. The Bertz CT molecular complexity index is 1350. The molecule has 8 heteroatoms. The zero-order chi connectivity index (χ0) is 26.0. The zero-order valence-corrected chi connectivity index (χ0v) is 21.4. The van der Waals surface area contributed by atoms with Gasteiger partial charge in [0, 0.05) is 24.5 Å². The SMILES string of the molecule is CCOS(=O)(=O)[O-].CC[n+]1c(/C=C/N(C)c2ccccc2)oc(-c2ccccc2)c1-c1ccccc1. The first-order valence-electron chi connectivity index (χ1n) is 11.6. The highest BCUT2D eigenvalue weighted by Gasteiger charge is 2.28. The number of aromatic nitrogens is 1. The number of nitrogens with zero attached hydrogens (tertiary/aromatic N) is 2. The molecule has 0 radical (unpaired) electrons. The lowest BCUT2D eigenvalue weighted by Gasteiger charge is -2.12. The van der Waals surface area contributed by atoms with E-state index < -0.39 is 10.4 Å². The molecule has 3 aromatic carbocycles. The maximum Gasteiger partial charge on any atom is 0.375 e. The van der Waals surface area contributed by atoms with Crippen LogP contribution in [0, 0.1) is 0 Å². The van der Waals surface area contributed by atoms with E-state index >= 15 is 0 Å². The first-order valence-corrected chi connectivity index (χ1v) is 12.9. The Hall–Kier alpha value is -3.72. The summed E-state index contributed by atoms with van der Waals surface area (Å²) < 4.78 is 40.6. The van der Waals surface area contributed by atoms with Gasteiger partial charge in [0.1, 0.15) is 6.54 Å². The van der Waals surface area contributed by atoms with Crippen LogP contribution in [-0.2, 0) is 21.1 Å². The molecule has 0 saturated carbocycles. The fourth-order valence-electron chi connectivity index (χ4n) is 3.62. The molecule has 0 aliphatic rings. The van der Waals surface area contributed by atoms with Gasteiger partial charge in [0.25, 0.3) is 5.69 Å². The highest BCUT2D eigenvalue weighted by molar-refractivity contribution is 7.80. The molecule has 0 bridgehead atoms. The van der Waals surface area contributed by atoms with Gasteiger partial charge in [0.05, 0.1) is 18.2 Å². The van der Waals surface area contributed by atoms with Crippen molar-refractivity contribution < 1.29 is 26.1 Å². The fourth-order valence-corrected chi connectivity index (χ4v) is 3.90. The van der Waals surface area contributed by atoms with Gasteiger partial charge in [-0.25, -0.2) is 8.42 Å². The summed E-state index contributed by atoms with van der Waals surface area (Å²) >= 11 is 0. The molecule has 0 saturated heterocycles.